The van der Waals surface area contributed by atoms with Crippen molar-refractivity contribution in [2.24, 2.45) is 0 Å². The van der Waals surface area contributed by atoms with E-state index in [1.54, 1.807) is 12.1 Å². The van der Waals surface area contributed by atoms with Gasteiger partial charge in [-0.3, -0.25) is 4.79 Å². The quantitative estimate of drug-likeness (QED) is 0.691. The Morgan fingerprint density at radius 1 is 1.31 bits per heavy atom. The lowest BCUT2D eigenvalue weighted by Crippen LogP contribution is -2.22. The molecular weight excluding hydrogens is 205 g/mol. The molecule has 0 saturated heterocycles. The second kappa shape index (κ2) is 6.38. The Bertz CT molecular complexity index is 352. The highest BCUT2D eigenvalue weighted by atomic mass is 19.1. The Morgan fingerprint density at radius 3 is 2.62 bits per heavy atom. The zero-order valence-corrected chi connectivity index (χ0v) is 9.87. The Kier molecular flexibility index (Phi) is 5.12. The molecule has 1 rings (SSSR count). The number of rotatable bonds is 6. The molecule has 3 heteroatoms. The third kappa shape index (κ3) is 3.74. The maximum absolute atomic E-state index is 13.3. The second-order valence-corrected chi connectivity index (χ2v) is 3.96. The van der Waals surface area contributed by atoms with Gasteiger partial charge in [-0.1, -0.05) is 19.1 Å². The molecule has 0 aliphatic carbocycles. The number of nitrogens with zero attached hydrogens (tertiary/aromatic N) is 1. The van der Waals surface area contributed by atoms with Crippen LogP contribution in [0.3, 0.4) is 0 Å². The fraction of sp³-hybridized carbons (Fsp3) is 0.462. The molecule has 0 heterocycles. The lowest BCUT2D eigenvalue weighted by molar-refractivity contribution is 0.0965. The molecule has 88 valence electrons. The topological polar surface area (TPSA) is 20.3 Å². The van der Waals surface area contributed by atoms with Crippen LogP contribution < -0.4 is 0 Å². The molecule has 0 unspecified atom stereocenters. The van der Waals surface area contributed by atoms with Gasteiger partial charge in [0.1, 0.15) is 5.82 Å². The summed E-state index contributed by atoms with van der Waals surface area (Å²) in [6, 6.07) is 6.14. The summed E-state index contributed by atoms with van der Waals surface area (Å²) in [4.78, 5) is 13.8. The predicted octanol–water partition coefficient (Wildman–Crippen LogP) is 2.74. The lowest BCUT2D eigenvalue weighted by Gasteiger charge is -2.14. The fourth-order valence-electron chi connectivity index (χ4n) is 1.61. The van der Waals surface area contributed by atoms with E-state index in [9.17, 15) is 9.18 Å². The van der Waals surface area contributed by atoms with E-state index in [1.165, 1.54) is 12.1 Å². The minimum absolute atomic E-state index is 0.124. The van der Waals surface area contributed by atoms with E-state index < -0.39 is 5.82 Å². The average Bonchev–Trinajstić information content (AvgIpc) is 2.27. The maximum atomic E-state index is 13.3. The molecule has 0 aliphatic rings. The van der Waals surface area contributed by atoms with E-state index in [0.717, 1.165) is 13.0 Å². The first-order valence-electron chi connectivity index (χ1n) is 5.61. The van der Waals surface area contributed by atoms with Gasteiger partial charge < -0.3 is 4.90 Å². The molecule has 1 aromatic carbocycles. The van der Waals surface area contributed by atoms with Crippen LogP contribution >= 0.6 is 0 Å². The van der Waals surface area contributed by atoms with Crippen molar-refractivity contribution < 1.29 is 9.18 Å². The van der Waals surface area contributed by atoms with Crippen LogP contribution in [0.4, 0.5) is 4.39 Å². The Balaban J connectivity index is 2.50. The Labute approximate surface area is 96.1 Å². The van der Waals surface area contributed by atoms with Crippen molar-refractivity contribution >= 4 is 5.78 Å². The molecular formula is C13H18FNO. The Morgan fingerprint density at radius 2 is 2.00 bits per heavy atom. The molecule has 16 heavy (non-hydrogen) atoms. The summed E-state index contributed by atoms with van der Waals surface area (Å²) in [5.74, 6) is -0.549. The van der Waals surface area contributed by atoms with E-state index in [4.69, 9.17) is 0 Å². The highest BCUT2D eigenvalue weighted by molar-refractivity contribution is 5.96. The number of hydrogen-bond donors (Lipinski definition) is 0. The van der Waals surface area contributed by atoms with Crippen molar-refractivity contribution in [2.75, 3.05) is 20.1 Å². The number of Topliss-reactive ketones (excluding diaryl/α,β-unsaturated/α-hetero) is 1. The van der Waals surface area contributed by atoms with Crippen molar-refractivity contribution in [1.29, 1.82) is 0 Å². The molecule has 0 aliphatic heterocycles. The summed E-state index contributed by atoms with van der Waals surface area (Å²) in [5.41, 5.74) is 0.201. The van der Waals surface area contributed by atoms with Crippen LogP contribution in [0, 0.1) is 5.82 Å². The van der Waals surface area contributed by atoms with Gasteiger partial charge in [-0.25, -0.2) is 4.39 Å². The summed E-state index contributed by atoms with van der Waals surface area (Å²) in [6.45, 7) is 3.74. The fourth-order valence-corrected chi connectivity index (χ4v) is 1.61. The van der Waals surface area contributed by atoms with Gasteiger partial charge in [0, 0.05) is 13.0 Å². The predicted molar refractivity (Wildman–Crippen MR) is 63.1 cm³/mol. The molecule has 0 aromatic heterocycles. The summed E-state index contributed by atoms with van der Waals surface area (Å²) in [6.07, 6.45) is 1.43. The van der Waals surface area contributed by atoms with Crippen LogP contribution in [0.2, 0.25) is 0 Å². The van der Waals surface area contributed by atoms with Gasteiger partial charge in [0.05, 0.1) is 5.56 Å². The first-order chi connectivity index (χ1) is 7.65. The van der Waals surface area contributed by atoms with Crippen molar-refractivity contribution in [3.8, 4) is 0 Å². The molecule has 0 saturated carbocycles. The van der Waals surface area contributed by atoms with Crippen LogP contribution in [0.15, 0.2) is 24.3 Å². The van der Waals surface area contributed by atoms with Gasteiger partial charge in [0.15, 0.2) is 5.78 Å². The molecule has 0 bridgehead atoms. The first-order valence-corrected chi connectivity index (χ1v) is 5.61. The van der Waals surface area contributed by atoms with E-state index in [2.05, 4.69) is 11.8 Å². The second-order valence-electron chi connectivity index (χ2n) is 3.96. The third-order valence-electron chi connectivity index (χ3n) is 2.50. The van der Waals surface area contributed by atoms with Gasteiger partial charge in [-0.15, -0.1) is 0 Å². The summed E-state index contributed by atoms with van der Waals surface area (Å²) >= 11 is 0. The van der Waals surface area contributed by atoms with Gasteiger partial charge in [-0.2, -0.15) is 0 Å². The summed E-state index contributed by atoms with van der Waals surface area (Å²) < 4.78 is 13.3. The van der Waals surface area contributed by atoms with Crippen molar-refractivity contribution in [2.45, 2.75) is 19.8 Å². The third-order valence-corrected chi connectivity index (χ3v) is 2.50. The minimum atomic E-state index is -0.425. The molecule has 0 N–H and O–H groups in total. The van der Waals surface area contributed by atoms with Crippen LogP contribution in [0.1, 0.15) is 30.1 Å². The van der Waals surface area contributed by atoms with Gasteiger partial charge >= 0.3 is 0 Å². The average molecular weight is 223 g/mol. The zero-order chi connectivity index (χ0) is 12.0. The minimum Gasteiger partial charge on any atom is -0.306 e. The Hall–Kier alpha value is -1.22. The molecule has 2 nitrogen and oxygen atoms in total. The number of halogens is 1. The van der Waals surface area contributed by atoms with Gasteiger partial charge in [-0.05, 0) is 32.1 Å². The summed E-state index contributed by atoms with van der Waals surface area (Å²) in [5, 5.41) is 0. The molecule has 1 aromatic rings. The summed E-state index contributed by atoms with van der Waals surface area (Å²) in [7, 11) is 1.97. The standard InChI is InChI=1S/C13H18FNO/c1-3-9-15(2)10-8-13(16)11-6-4-5-7-12(11)14/h4-7H,3,8-10H2,1-2H3. The monoisotopic (exact) mass is 223 g/mol. The number of carbonyl (C=O) groups excluding carboxylic acids is 1. The van der Waals surface area contributed by atoms with Crippen LogP contribution in [0.25, 0.3) is 0 Å². The molecule has 0 atom stereocenters. The molecule has 0 radical (unpaired) electrons. The van der Waals surface area contributed by atoms with Crippen molar-refractivity contribution in [3.63, 3.8) is 0 Å². The van der Waals surface area contributed by atoms with E-state index >= 15 is 0 Å². The van der Waals surface area contributed by atoms with Crippen molar-refractivity contribution in [1.82, 2.24) is 4.90 Å². The molecule has 0 spiro atoms. The SMILES string of the molecule is CCCN(C)CCC(=O)c1ccccc1F. The normalized spacial score (nSPS) is 10.8. The molecule has 0 fully saturated rings. The highest BCUT2D eigenvalue weighted by Crippen LogP contribution is 2.09. The smallest absolute Gasteiger partial charge is 0.167 e. The maximum Gasteiger partial charge on any atom is 0.167 e. The number of hydrogen-bond acceptors (Lipinski definition) is 2. The van der Waals surface area contributed by atoms with E-state index in [0.29, 0.717) is 13.0 Å². The zero-order valence-electron chi connectivity index (χ0n) is 9.87. The number of ketones is 1. The van der Waals surface area contributed by atoms with E-state index in [1.807, 2.05) is 7.05 Å². The van der Waals surface area contributed by atoms with Gasteiger partial charge in [0.25, 0.3) is 0 Å². The molecule has 0 amide bonds. The van der Waals surface area contributed by atoms with Crippen molar-refractivity contribution in [3.05, 3.63) is 35.6 Å². The largest absolute Gasteiger partial charge is 0.306 e. The first kappa shape index (κ1) is 12.8. The highest BCUT2D eigenvalue weighted by Gasteiger charge is 2.11. The van der Waals surface area contributed by atoms with Crippen LogP contribution in [-0.4, -0.2) is 30.8 Å². The number of carbonyl (C=O) groups is 1. The lowest BCUT2D eigenvalue weighted by atomic mass is 10.1. The van der Waals surface area contributed by atoms with Crippen LogP contribution in [-0.2, 0) is 0 Å². The van der Waals surface area contributed by atoms with Crippen LogP contribution in [0.5, 0.6) is 0 Å². The van der Waals surface area contributed by atoms with E-state index in [-0.39, 0.29) is 11.3 Å². The van der Waals surface area contributed by atoms with Gasteiger partial charge in [0.2, 0.25) is 0 Å². The number of benzene rings is 1.